The van der Waals surface area contributed by atoms with Crippen LogP contribution in [0.5, 0.6) is 17.2 Å². The molecule has 3 rings (SSSR count). The fourth-order valence-electron chi connectivity index (χ4n) is 3.43. The number of phenols is 1. The number of nitrogens with one attached hydrogen (secondary N) is 1. The number of ether oxygens (including phenoxy) is 3. The lowest BCUT2D eigenvalue weighted by Crippen LogP contribution is -2.29. The molecule has 1 atom stereocenters. The van der Waals surface area contributed by atoms with Gasteiger partial charge < -0.3 is 24.4 Å². The van der Waals surface area contributed by atoms with Gasteiger partial charge in [-0.2, -0.15) is 0 Å². The number of benzene rings is 2. The number of carbonyl (C=O) groups is 2. The fraction of sp³-hybridized carbons (Fsp3) is 0.304. The van der Waals surface area contributed by atoms with Gasteiger partial charge in [-0.05, 0) is 53.0 Å². The van der Waals surface area contributed by atoms with Crippen LogP contribution in [0.25, 0.3) is 0 Å². The molecule has 2 aromatic carbocycles. The number of hydrogen-bond acceptors (Lipinski definition) is 6. The number of carbonyl (C=O) groups excluding carboxylic acids is 1. The molecule has 0 radical (unpaired) electrons. The summed E-state index contributed by atoms with van der Waals surface area (Å²) >= 11 is 6.73. The number of carboxylic acids is 1. The second-order valence-corrected chi connectivity index (χ2v) is 9.84. The molecule has 3 N–H and O–H groups in total. The molecule has 0 spiro atoms. The average Bonchev–Trinajstić information content (AvgIpc) is 3.20. The minimum atomic E-state index is -1.03. The van der Waals surface area contributed by atoms with Crippen molar-refractivity contribution in [2.45, 2.75) is 32.8 Å². The van der Waals surface area contributed by atoms with Gasteiger partial charge in [0.2, 0.25) is 6.79 Å². The van der Waals surface area contributed by atoms with Crippen LogP contribution in [0.4, 0.5) is 10.5 Å². The molecule has 1 heterocycles. The molecule has 8 nitrogen and oxygen atoms in total. The summed E-state index contributed by atoms with van der Waals surface area (Å²) in [5, 5.41) is 22.2. The Balaban J connectivity index is 1.85. The summed E-state index contributed by atoms with van der Waals surface area (Å²) in [6.07, 6.45) is 1.99. The van der Waals surface area contributed by atoms with Crippen molar-refractivity contribution < 1.29 is 34.0 Å². The second kappa shape index (κ2) is 10.5. The van der Waals surface area contributed by atoms with E-state index in [0.29, 0.717) is 44.5 Å². The third-order valence-electron chi connectivity index (χ3n) is 5.11. The SMILES string of the molecule is CC(C)(CC/C=C/C(=O)O)[C@@H](OC(=O)Nc1ccc2c(c1)OCO2)c1cc(Br)cc(Br)c1O. The monoisotopic (exact) mass is 583 g/mol. The molecule has 0 unspecified atom stereocenters. The van der Waals surface area contributed by atoms with Crippen LogP contribution in [-0.4, -0.2) is 29.1 Å². The lowest BCUT2D eigenvalue weighted by molar-refractivity contribution is -0.131. The summed E-state index contributed by atoms with van der Waals surface area (Å²) in [6, 6.07) is 8.36. The lowest BCUT2D eigenvalue weighted by atomic mass is 9.78. The van der Waals surface area contributed by atoms with Crippen LogP contribution in [0.2, 0.25) is 0 Å². The van der Waals surface area contributed by atoms with Gasteiger partial charge >= 0.3 is 12.1 Å². The zero-order valence-electron chi connectivity index (χ0n) is 17.9. The zero-order chi connectivity index (χ0) is 24.2. The van der Waals surface area contributed by atoms with Gasteiger partial charge in [0, 0.05) is 33.3 Å². The van der Waals surface area contributed by atoms with Gasteiger partial charge in [-0.25, -0.2) is 9.59 Å². The van der Waals surface area contributed by atoms with Crippen LogP contribution in [0.15, 0.2) is 51.4 Å². The lowest BCUT2D eigenvalue weighted by Gasteiger charge is -2.34. The fourth-order valence-corrected chi connectivity index (χ4v) is 4.69. The van der Waals surface area contributed by atoms with Crippen molar-refractivity contribution in [3.63, 3.8) is 0 Å². The first-order valence-corrected chi connectivity index (χ1v) is 11.6. The summed E-state index contributed by atoms with van der Waals surface area (Å²) < 4.78 is 17.6. The van der Waals surface area contributed by atoms with E-state index in [1.54, 1.807) is 36.4 Å². The number of rotatable bonds is 8. The van der Waals surface area contributed by atoms with Gasteiger partial charge in [-0.15, -0.1) is 0 Å². The first-order chi connectivity index (χ1) is 15.6. The van der Waals surface area contributed by atoms with Gasteiger partial charge in [0.25, 0.3) is 0 Å². The molecular weight excluding hydrogens is 562 g/mol. The quantitative estimate of drug-likeness (QED) is 0.308. The number of allylic oxidation sites excluding steroid dienone is 1. The smallest absolute Gasteiger partial charge is 0.412 e. The first-order valence-electron chi connectivity index (χ1n) is 10.0. The summed E-state index contributed by atoms with van der Waals surface area (Å²) in [7, 11) is 0. The highest BCUT2D eigenvalue weighted by Crippen LogP contribution is 2.46. The van der Waals surface area contributed by atoms with Crippen molar-refractivity contribution >= 4 is 49.6 Å². The molecule has 10 heteroatoms. The third kappa shape index (κ3) is 6.42. The molecule has 0 saturated heterocycles. The van der Waals surface area contributed by atoms with Crippen LogP contribution < -0.4 is 14.8 Å². The van der Waals surface area contributed by atoms with E-state index in [1.165, 1.54) is 0 Å². The van der Waals surface area contributed by atoms with E-state index in [4.69, 9.17) is 19.3 Å². The van der Waals surface area contributed by atoms with Crippen LogP contribution >= 0.6 is 31.9 Å². The van der Waals surface area contributed by atoms with E-state index >= 15 is 0 Å². The predicted octanol–water partition coefficient (Wildman–Crippen LogP) is 6.38. The molecular formula is C23H23Br2NO7. The molecule has 0 aliphatic carbocycles. The molecule has 0 aromatic heterocycles. The van der Waals surface area contributed by atoms with Crippen LogP contribution in [0.1, 0.15) is 38.4 Å². The van der Waals surface area contributed by atoms with Gasteiger partial charge in [0.15, 0.2) is 11.5 Å². The molecule has 1 amide bonds. The van der Waals surface area contributed by atoms with E-state index in [9.17, 15) is 14.7 Å². The normalized spacial score (nSPS) is 13.7. The Bertz CT molecular complexity index is 1080. The first kappa shape index (κ1) is 24.9. The summed E-state index contributed by atoms with van der Waals surface area (Å²) in [6.45, 7) is 3.88. The van der Waals surface area contributed by atoms with Crippen molar-refractivity contribution in [3.05, 3.63) is 57.0 Å². The highest BCUT2D eigenvalue weighted by atomic mass is 79.9. The van der Waals surface area contributed by atoms with Gasteiger partial charge in [-0.1, -0.05) is 35.9 Å². The maximum absolute atomic E-state index is 12.8. The number of aliphatic carboxylic acids is 1. The number of anilines is 1. The topological polar surface area (TPSA) is 114 Å². The van der Waals surface area contributed by atoms with Gasteiger partial charge in [-0.3, -0.25) is 5.32 Å². The molecule has 2 aromatic rings. The molecule has 176 valence electrons. The Kier molecular flexibility index (Phi) is 7.91. The average molecular weight is 585 g/mol. The largest absolute Gasteiger partial charge is 0.506 e. The van der Waals surface area contributed by atoms with Gasteiger partial charge in [0.1, 0.15) is 11.9 Å². The molecule has 33 heavy (non-hydrogen) atoms. The Morgan fingerprint density at radius 3 is 2.67 bits per heavy atom. The van der Waals surface area contributed by atoms with Crippen LogP contribution in [-0.2, 0) is 9.53 Å². The predicted molar refractivity (Wildman–Crippen MR) is 129 cm³/mol. The number of aromatic hydroxyl groups is 1. The van der Waals surface area contributed by atoms with E-state index in [1.807, 2.05) is 13.8 Å². The molecule has 0 saturated carbocycles. The molecule has 0 bridgehead atoms. The minimum Gasteiger partial charge on any atom is -0.506 e. The number of halogens is 2. The van der Waals surface area contributed by atoms with Crippen LogP contribution in [0.3, 0.4) is 0 Å². The standard InChI is InChI=1S/C23H23Br2NO7/c1-23(2,8-4-3-5-19(27)28)21(15-9-13(24)10-16(25)20(15)29)33-22(30)26-14-6-7-17-18(11-14)32-12-31-17/h3,5-7,9-11,21,29H,4,8,12H2,1-2H3,(H,26,30)(H,27,28)/b5-3+/t21-/m0/s1. The van der Waals surface area contributed by atoms with Crippen LogP contribution in [0, 0.1) is 5.41 Å². The number of fused-ring (bicyclic) bond motifs is 1. The molecule has 1 aliphatic heterocycles. The van der Waals surface area contributed by atoms with E-state index < -0.39 is 23.6 Å². The van der Waals surface area contributed by atoms with Crippen molar-refractivity contribution in [2.24, 2.45) is 5.41 Å². The van der Waals surface area contributed by atoms with E-state index in [0.717, 1.165) is 6.08 Å². The minimum absolute atomic E-state index is 0.0479. The summed E-state index contributed by atoms with van der Waals surface area (Å²) in [5.74, 6) is 0.0280. The Morgan fingerprint density at radius 1 is 1.21 bits per heavy atom. The maximum Gasteiger partial charge on any atom is 0.412 e. The molecule has 0 fully saturated rings. The van der Waals surface area contributed by atoms with E-state index in [2.05, 4.69) is 37.2 Å². The zero-order valence-corrected chi connectivity index (χ0v) is 21.1. The highest BCUT2D eigenvalue weighted by Gasteiger charge is 2.36. The van der Waals surface area contributed by atoms with Crippen molar-refractivity contribution in [1.29, 1.82) is 0 Å². The summed E-state index contributed by atoms with van der Waals surface area (Å²) in [4.78, 5) is 23.6. The Hall–Kier alpha value is -2.72. The second-order valence-electron chi connectivity index (χ2n) is 8.07. The van der Waals surface area contributed by atoms with Crippen molar-refractivity contribution in [1.82, 2.24) is 0 Å². The number of carboxylic acid groups (broad SMARTS) is 1. The Morgan fingerprint density at radius 2 is 1.94 bits per heavy atom. The Labute approximate surface area is 207 Å². The van der Waals surface area contributed by atoms with Gasteiger partial charge in [0.05, 0.1) is 4.47 Å². The maximum atomic E-state index is 12.8. The highest BCUT2D eigenvalue weighted by molar-refractivity contribution is 9.11. The third-order valence-corrected chi connectivity index (χ3v) is 6.17. The number of hydrogen-bond donors (Lipinski definition) is 3. The number of phenolic OH excluding ortho intramolecular Hbond substituents is 1. The summed E-state index contributed by atoms with van der Waals surface area (Å²) in [5.41, 5.74) is 0.210. The van der Waals surface area contributed by atoms with Crippen molar-refractivity contribution in [3.8, 4) is 17.2 Å². The number of amides is 1. The van der Waals surface area contributed by atoms with E-state index in [-0.39, 0.29) is 12.5 Å². The van der Waals surface area contributed by atoms with Crippen molar-refractivity contribution in [2.75, 3.05) is 12.1 Å². The molecule has 1 aliphatic rings.